The molecule has 6 heteroatoms. The maximum Gasteiger partial charge on any atom is 0.243 e. The number of amides is 2. The Kier molecular flexibility index (Phi) is 11.0. The molecule has 0 aliphatic rings. The number of carbonyl (C=O) groups is 2. The minimum atomic E-state index is -0.618. The van der Waals surface area contributed by atoms with Crippen molar-refractivity contribution < 1.29 is 14.3 Å². The van der Waals surface area contributed by atoms with E-state index in [2.05, 4.69) is 35.1 Å². The van der Waals surface area contributed by atoms with Crippen molar-refractivity contribution in [2.24, 2.45) is 5.92 Å². The van der Waals surface area contributed by atoms with Gasteiger partial charge in [-0.1, -0.05) is 90.4 Å². The molecule has 0 aliphatic heterocycles. The zero-order chi connectivity index (χ0) is 25.8. The lowest BCUT2D eigenvalue weighted by molar-refractivity contribution is -0.141. The van der Waals surface area contributed by atoms with Crippen LogP contribution in [0.15, 0.2) is 89.4 Å². The van der Waals surface area contributed by atoms with Gasteiger partial charge in [-0.2, -0.15) is 0 Å². The van der Waals surface area contributed by atoms with Crippen molar-refractivity contribution in [1.82, 2.24) is 10.2 Å². The summed E-state index contributed by atoms with van der Waals surface area (Å²) in [5.74, 6) is 0.908. The molecule has 0 aromatic heterocycles. The van der Waals surface area contributed by atoms with Gasteiger partial charge in [0.1, 0.15) is 11.8 Å². The number of halogens is 1. The Bertz CT molecular complexity index is 1090. The van der Waals surface area contributed by atoms with Crippen LogP contribution in [0.1, 0.15) is 37.8 Å². The Morgan fingerprint density at radius 1 is 0.917 bits per heavy atom. The first-order valence-electron chi connectivity index (χ1n) is 12.5. The first-order chi connectivity index (χ1) is 17.4. The third-order valence-corrected chi connectivity index (χ3v) is 6.24. The highest BCUT2D eigenvalue weighted by atomic mass is 79.9. The van der Waals surface area contributed by atoms with E-state index in [0.29, 0.717) is 44.9 Å². The Morgan fingerprint density at radius 3 is 2.25 bits per heavy atom. The lowest BCUT2D eigenvalue weighted by atomic mass is 10.0. The molecule has 190 valence electrons. The van der Waals surface area contributed by atoms with Crippen LogP contribution in [0.5, 0.6) is 5.75 Å². The topological polar surface area (TPSA) is 58.6 Å². The first kappa shape index (κ1) is 27.5. The summed E-state index contributed by atoms with van der Waals surface area (Å²) in [6.07, 6.45) is 1.31. The molecule has 1 atom stereocenters. The van der Waals surface area contributed by atoms with Crippen molar-refractivity contribution in [2.75, 3.05) is 13.2 Å². The number of nitrogens with zero attached hydrogens (tertiary/aromatic N) is 1. The smallest absolute Gasteiger partial charge is 0.243 e. The summed E-state index contributed by atoms with van der Waals surface area (Å²) in [5, 5.41) is 3.06. The molecule has 0 spiro atoms. The molecule has 0 saturated heterocycles. The van der Waals surface area contributed by atoms with Gasteiger partial charge in [0, 0.05) is 30.4 Å². The van der Waals surface area contributed by atoms with E-state index in [9.17, 15) is 9.59 Å². The van der Waals surface area contributed by atoms with Crippen molar-refractivity contribution in [1.29, 1.82) is 0 Å². The number of hydrogen-bond donors (Lipinski definition) is 1. The van der Waals surface area contributed by atoms with E-state index in [1.165, 1.54) is 0 Å². The predicted octanol–water partition coefficient (Wildman–Crippen LogP) is 6.02. The molecule has 1 N–H and O–H groups in total. The minimum Gasteiger partial charge on any atom is -0.494 e. The van der Waals surface area contributed by atoms with Crippen molar-refractivity contribution in [3.63, 3.8) is 0 Å². The highest BCUT2D eigenvalue weighted by Gasteiger charge is 2.30. The Balaban J connectivity index is 1.79. The molecule has 36 heavy (non-hydrogen) atoms. The number of nitrogens with one attached hydrogen (secondary N) is 1. The van der Waals surface area contributed by atoms with E-state index in [1.807, 2.05) is 84.9 Å². The van der Waals surface area contributed by atoms with Crippen LogP contribution in [-0.4, -0.2) is 35.9 Å². The highest BCUT2D eigenvalue weighted by Crippen LogP contribution is 2.19. The van der Waals surface area contributed by atoms with Gasteiger partial charge in [-0.3, -0.25) is 9.59 Å². The van der Waals surface area contributed by atoms with Crippen LogP contribution < -0.4 is 10.1 Å². The molecule has 5 nitrogen and oxygen atoms in total. The fraction of sp³-hybridized carbons (Fsp3) is 0.333. The summed E-state index contributed by atoms with van der Waals surface area (Å²) < 4.78 is 6.72. The molecule has 0 heterocycles. The number of benzene rings is 3. The second kappa shape index (κ2) is 14.4. The van der Waals surface area contributed by atoms with Crippen LogP contribution in [0.2, 0.25) is 0 Å². The third-order valence-electron chi connectivity index (χ3n) is 5.74. The average Bonchev–Trinajstić information content (AvgIpc) is 2.88. The van der Waals surface area contributed by atoms with Gasteiger partial charge in [0.2, 0.25) is 11.8 Å². The molecule has 0 radical (unpaired) electrons. The molecule has 2 amide bonds. The zero-order valence-corrected chi connectivity index (χ0v) is 22.6. The van der Waals surface area contributed by atoms with Crippen LogP contribution in [-0.2, 0) is 22.6 Å². The molecule has 0 bridgehead atoms. The third kappa shape index (κ3) is 9.15. The average molecular weight is 552 g/mol. The summed E-state index contributed by atoms with van der Waals surface area (Å²) in [6, 6.07) is 26.7. The van der Waals surface area contributed by atoms with Gasteiger partial charge in [-0.25, -0.2) is 0 Å². The van der Waals surface area contributed by atoms with E-state index in [1.54, 1.807) is 4.90 Å². The van der Waals surface area contributed by atoms with E-state index in [4.69, 9.17) is 4.74 Å². The fourth-order valence-corrected chi connectivity index (χ4v) is 4.33. The standard InChI is InChI=1S/C30H35BrN2O3/c1-23(2)21-32-30(35)28(20-24-11-5-3-6-12-24)33(22-25-13-9-14-26(31)19-25)29(34)17-10-18-36-27-15-7-4-8-16-27/h3-9,11-16,19,23,28H,10,17-18,20-22H2,1-2H3,(H,32,35)/t28-/m1/s1. The van der Waals surface area contributed by atoms with Crippen LogP contribution in [0.25, 0.3) is 0 Å². The van der Waals surface area contributed by atoms with Crippen molar-refractivity contribution in [3.05, 3.63) is 101 Å². The second-order valence-electron chi connectivity index (χ2n) is 9.26. The molecule has 3 aromatic carbocycles. The summed E-state index contributed by atoms with van der Waals surface area (Å²) in [7, 11) is 0. The summed E-state index contributed by atoms with van der Waals surface area (Å²) in [6.45, 7) is 5.47. The highest BCUT2D eigenvalue weighted by molar-refractivity contribution is 9.10. The van der Waals surface area contributed by atoms with E-state index in [0.717, 1.165) is 21.3 Å². The fourth-order valence-electron chi connectivity index (χ4n) is 3.88. The summed E-state index contributed by atoms with van der Waals surface area (Å²) >= 11 is 3.52. The maximum atomic E-state index is 13.6. The predicted molar refractivity (Wildman–Crippen MR) is 148 cm³/mol. The number of ether oxygens (including phenoxy) is 1. The first-order valence-corrected chi connectivity index (χ1v) is 13.2. The van der Waals surface area contributed by atoms with Crippen LogP contribution in [0.3, 0.4) is 0 Å². The molecule has 3 rings (SSSR count). The molecular weight excluding hydrogens is 516 g/mol. The van der Waals surface area contributed by atoms with Gasteiger partial charge >= 0.3 is 0 Å². The van der Waals surface area contributed by atoms with Crippen LogP contribution >= 0.6 is 15.9 Å². The summed E-state index contributed by atoms with van der Waals surface area (Å²) in [5.41, 5.74) is 1.98. The van der Waals surface area contributed by atoms with Crippen LogP contribution in [0, 0.1) is 5.92 Å². The van der Waals surface area contributed by atoms with Gasteiger partial charge in [-0.15, -0.1) is 0 Å². The van der Waals surface area contributed by atoms with Gasteiger partial charge in [0.25, 0.3) is 0 Å². The van der Waals surface area contributed by atoms with Crippen molar-refractivity contribution >= 4 is 27.7 Å². The molecule has 0 unspecified atom stereocenters. The van der Waals surface area contributed by atoms with E-state index >= 15 is 0 Å². The number of rotatable bonds is 13. The van der Waals surface area contributed by atoms with E-state index < -0.39 is 6.04 Å². The monoisotopic (exact) mass is 550 g/mol. The Hall–Kier alpha value is -3.12. The van der Waals surface area contributed by atoms with Crippen molar-refractivity contribution in [3.8, 4) is 5.75 Å². The molecule has 3 aromatic rings. The lowest BCUT2D eigenvalue weighted by Crippen LogP contribution is -2.51. The van der Waals surface area contributed by atoms with Gasteiger partial charge < -0.3 is 15.0 Å². The molecular formula is C30H35BrN2O3. The molecule has 0 aliphatic carbocycles. The molecule has 0 saturated carbocycles. The second-order valence-corrected chi connectivity index (χ2v) is 10.2. The van der Waals surface area contributed by atoms with Gasteiger partial charge in [-0.05, 0) is 47.7 Å². The summed E-state index contributed by atoms with van der Waals surface area (Å²) in [4.78, 5) is 28.8. The van der Waals surface area contributed by atoms with Gasteiger partial charge in [0.05, 0.1) is 6.61 Å². The Labute approximate surface area is 223 Å². The lowest BCUT2D eigenvalue weighted by Gasteiger charge is -2.32. The van der Waals surface area contributed by atoms with Crippen molar-refractivity contribution in [2.45, 2.75) is 45.7 Å². The van der Waals surface area contributed by atoms with Gasteiger partial charge in [0.15, 0.2) is 0 Å². The zero-order valence-electron chi connectivity index (χ0n) is 21.0. The number of carbonyl (C=O) groups excluding carboxylic acids is 2. The normalized spacial score (nSPS) is 11.7. The maximum absolute atomic E-state index is 13.6. The van der Waals surface area contributed by atoms with E-state index in [-0.39, 0.29) is 11.8 Å². The largest absolute Gasteiger partial charge is 0.494 e. The number of hydrogen-bond acceptors (Lipinski definition) is 3. The number of para-hydroxylation sites is 1. The molecule has 0 fully saturated rings. The quantitative estimate of drug-likeness (QED) is 0.265. The SMILES string of the molecule is CC(C)CNC(=O)[C@@H](Cc1ccccc1)N(Cc1cccc(Br)c1)C(=O)CCCOc1ccccc1. The minimum absolute atomic E-state index is 0.0627. The Morgan fingerprint density at radius 2 is 1.58 bits per heavy atom. The van der Waals surface area contributed by atoms with Crippen LogP contribution in [0.4, 0.5) is 0 Å².